The van der Waals surface area contributed by atoms with E-state index in [2.05, 4.69) is 15.6 Å². The molecule has 0 aliphatic carbocycles. The van der Waals surface area contributed by atoms with Gasteiger partial charge in [0.1, 0.15) is 5.76 Å². The van der Waals surface area contributed by atoms with Gasteiger partial charge in [-0.25, -0.2) is 5.48 Å². The van der Waals surface area contributed by atoms with E-state index in [9.17, 15) is 9.59 Å². The zero-order valence-electron chi connectivity index (χ0n) is 12.9. The Morgan fingerprint density at radius 3 is 2.48 bits per heavy atom. The molecule has 0 aliphatic heterocycles. The predicted octanol–water partition coefficient (Wildman–Crippen LogP) is 1.42. The molecule has 2 heterocycles. The molecular weight excluding hydrogens is 328 g/mol. The van der Waals surface area contributed by atoms with Gasteiger partial charge in [-0.3, -0.25) is 14.8 Å². The van der Waals surface area contributed by atoms with Crippen LogP contribution in [0.25, 0.3) is 11.3 Å². The summed E-state index contributed by atoms with van der Waals surface area (Å²) in [7, 11) is 0. The van der Waals surface area contributed by atoms with Crippen LogP contribution in [0.1, 0.15) is 26.7 Å². The molecule has 9 nitrogen and oxygen atoms in total. The van der Waals surface area contributed by atoms with Crippen molar-refractivity contribution in [3.8, 4) is 11.3 Å². The molecule has 0 unspecified atom stereocenters. The van der Waals surface area contributed by atoms with Gasteiger partial charge in [0, 0.05) is 30.7 Å². The molecule has 0 radical (unpaired) electrons. The number of hydroxylamine groups is 1. The number of benzene rings is 1. The van der Waals surface area contributed by atoms with E-state index in [-0.39, 0.29) is 17.9 Å². The van der Waals surface area contributed by atoms with Gasteiger partial charge in [-0.05, 0) is 0 Å². The number of nitrogens with zero attached hydrogens (tertiary/aromatic N) is 2. The summed E-state index contributed by atoms with van der Waals surface area (Å²) in [5.74, 6) is -0.265. The van der Waals surface area contributed by atoms with Crippen LogP contribution < -0.4 is 10.8 Å². The maximum absolute atomic E-state index is 12.1. The third-order valence-corrected chi connectivity index (χ3v) is 3.35. The van der Waals surface area contributed by atoms with Gasteiger partial charge in [-0.2, -0.15) is 0 Å². The Kier molecular flexibility index (Phi) is 4.86. The molecule has 3 N–H and O–H groups in total. The van der Waals surface area contributed by atoms with Crippen molar-refractivity contribution in [1.29, 1.82) is 0 Å². The lowest BCUT2D eigenvalue weighted by Crippen LogP contribution is -2.25. The van der Waals surface area contributed by atoms with Crippen molar-refractivity contribution in [3.05, 3.63) is 59.6 Å². The Morgan fingerprint density at radius 2 is 1.72 bits per heavy atom. The third kappa shape index (κ3) is 3.90. The summed E-state index contributed by atoms with van der Waals surface area (Å²) in [4.78, 5) is 23.2. The first kappa shape index (κ1) is 16.4. The van der Waals surface area contributed by atoms with Crippen LogP contribution in [-0.4, -0.2) is 33.9 Å². The minimum Gasteiger partial charge on any atom is -0.361 e. The molecule has 25 heavy (non-hydrogen) atoms. The Labute approximate surface area is 141 Å². The minimum atomic E-state index is -0.768. The lowest BCUT2D eigenvalue weighted by atomic mass is 10.1. The Bertz CT molecular complexity index is 872. The summed E-state index contributed by atoms with van der Waals surface area (Å²) in [6.45, 7) is 0.252. The normalized spacial score (nSPS) is 10.4. The maximum Gasteiger partial charge on any atom is 0.296 e. The number of hydrogen-bond acceptors (Lipinski definition) is 7. The van der Waals surface area contributed by atoms with Crippen LogP contribution in [0.15, 0.2) is 51.5 Å². The van der Waals surface area contributed by atoms with Gasteiger partial charge in [-0.1, -0.05) is 40.6 Å². The summed E-state index contributed by atoms with van der Waals surface area (Å²) in [5, 5.41) is 18.4. The van der Waals surface area contributed by atoms with Gasteiger partial charge in [0.25, 0.3) is 11.8 Å². The van der Waals surface area contributed by atoms with E-state index >= 15 is 0 Å². The molecule has 128 valence electrons. The van der Waals surface area contributed by atoms with Crippen molar-refractivity contribution in [3.63, 3.8) is 0 Å². The standard InChI is InChI=1S/C16H14N4O5/c21-15(13-9-14(25-20-13)10-4-2-1-3-5-10)17-7-6-11-8-12(19-24-11)16(22)18-23/h1-5,8-9,23H,6-7H2,(H,17,21)(H,18,22). The van der Waals surface area contributed by atoms with Gasteiger partial charge in [0.2, 0.25) is 0 Å². The van der Waals surface area contributed by atoms with Crippen molar-refractivity contribution in [2.45, 2.75) is 6.42 Å². The van der Waals surface area contributed by atoms with Crippen LogP contribution in [0.4, 0.5) is 0 Å². The number of amides is 2. The summed E-state index contributed by atoms with van der Waals surface area (Å²) >= 11 is 0. The van der Waals surface area contributed by atoms with Crippen LogP contribution in [0, 0.1) is 0 Å². The number of rotatable bonds is 6. The number of carbonyl (C=O) groups is 2. The van der Waals surface area contributed by atoms with Crippen molar-refractivity contribution in [1.82, 2.24) is 21.1 Å². The zero-order chi connectivity index (χ0) is 17.6. The summed E-state index contributed by atoms with van der Waals surface area (Å²) in [6, 6.07) is 12.2. The fourth-order valence-corrected chi connectivity index (χ4v) is 2.11. The van der Waals surface area contributed by atoms with E-state index in [0.717, 1.165) is 5.56 Å². The summed E-state index contributed by atoms with van der Waals surface area (Å²) in [5.41, 5.74) is 2.40. The molecule has 0 aliphatic rings. The Hall–Kier alpha value is -3.46. The largest absolute Gasteiger partial charge is 0.361 e. The monoisotopic (exact) mass is 342 g/mol. The fourth-order valence-electron chi connectivity index (χ4n) is 2.11. The first-order valence-corrected chi connectivity index (χ1v) is 7.37. The van der Waals surface area contributed by atoms with E-state index in [4.69, 9.17) is 14.3 Å². The minimum absolute atomic E-state index is 0.0483. The van der Waals surface area contributed by atoms with E-state index in [1.807, 2.05) is 30.3 Å². The highest BCUT2D eigenvalue weighted by Crippen LogP contribution is 2.19. The number of carbonyl (C=O) groups excluding carboxylic acids is 2. The lowest BCUT2D eigenvalue weighted by molar-refractivity contribution is 0.0696. The van der Waals surface area contributed by atoms with Crippen LogP contribution in [0.5, 0.6) is 0 Å². The quantitative estimate of drug-likeness (QED) is 0.456. The average molecular weight is 342 g/mol. The van der Waals surface area contributed by atoms with Gasteiger partial charge >= 0.3 is 0 Å². The molecule has 2 amide bonds. The second-order valence-corrected chi connectivity index (χ2v) is 5.07. The van der Waals surface area contributed by atoms with Crippen molar-refractivity contribution in [2.75, 3.05) is 6.54 Å². The molecule has 0 bridgehead atoms. The van der Waals surface area contributed by atoms with Crippen molar-refractivity contribution >= 4 is 11.8 Å². The van der Waals surface area contributed by atoms with Gasteiger partial charge < -0.3 is 14.4 Å². The second-order valence-electron chi connectivity index (χ2n) is 5.07. The molecule has 9 heteroatoms. The molecular formula is C16H14N4O5. The topological polar surface area (TPSA) is 130 Å². The molecule has 1 aromatic carbocycles. The summed E-state index contributed by atoms with van der Waals surface area (Å²) in [6.07, 6.45) is 0.320. The highest BCUT2D eigenvalue weighted by atomic mass is 16.5. The van der Waals surface area contributed by atoms with Crippen LogP contribution in [-0.2, 0) is 6.42 Å². The van der Waals surface area contributed by atoms with Crippen molar-refractivity contribution in [2.24, 2.45) is 0 Å². The fraction of sp³-hybridized carbons (Fsp3) is 0.125. The molecule has 0 saturated carbocycles. The molecule has 0 fully saturated rings. The molecule has 0 saturated heterocycles. The SMILES string of the molecule is O=C(NO)c1cc(CCNC(=O)c2cc(-c3ccccc3)on2)on1. The molecule has 0 atom stereocenters. The van der Waals surface area contributed by atoms with Gasteiger partial charge in [-0.15, -0.1) is 0 Å². The Balaban J connectivity index is 1.54. The third-order valence-electron chi connectivity index (χ3n) is 3.35. The molecule has 0 spiro atoms. The number of aromatic nitrogens is 2. The first-order valence-electron chi connectivity index (χ1n) is 7.37. The second kappa shape index (κ2) is 7.41. The Morgan fingerprint density at radius 1 is 1.00 bits per heavy atom. The maximum atomic E-state index is 12.1. The zero-order valence-corrected chi connectivity index (χ0v) is 12.9. The number of nitrogens with one attached hydrogen (secondary N) is 2. The highest BCUT2D eigenvalue weighted by molar-refractivity contribution is 5.93. The number of hydrogen-bond donors (Lipinski definition) is 3. The van der Waals surface area contributed by atoms with E-state index in [1.54, 1.807) is 6.07 Å². The van der Waals surface area contributed by atoms with E-state index < -0.39 is 11.8 Å². The highest BCUT2D eigenvalue weighted by Gasteiger charge is 2.14. The molecule has 3 aromatic rings. The van der Waals surface area contributed by atoms with Gasteiger partial charge in [0.05, 0.1) is 0 Å². The van der Waals surface area contributed by atoms with E-state index in [1.165, 1.54) is 11.5 Å². The predicted molar refractivity (Wildman–Crippen MR) is 83.7 cm³/mol. The van der Waals surface area contributed by atoms with Crippen LogP contribution >= 0.6 is 0 Å². The summed E-state index contributed by atoms with van der Waals surface area (Å²) < 4.78 is 10.1. The van der Waals surface area contributed by atoms with Gasteiger partial charge in [0.15, 0.2) is 17.1 Å². The smallest absolute Gasteiger partial charge is 0.296 e. The van der Waals surface area contributed by atoms with E-state index in [0.29, 0.717) is 17.9 Å². The van der Waals surface area contributed by atoms with Crippen LogP contribution in [0.2, 0.25) is 0 Å². The van der Waals surface area contributed by atoms with Crippen molar-refractivity contribution < 1.29 is 23.8 Å². The molecule has 3 rings (SSSR count). The first-order chi connectivity index (χ1) is 12.2. The average Bonchev–Trinajstić information content (AvgIpc) is 3.31. The molecule has 2 aromatic heterocycles. The van der Waals surface area contributed by atoms with Crippen LogP contribution in [0.3, 0.4) is 0 Å². The lowest BCUT2D eigenvalue weighted by Gasteiger charge is -1.99.